The zero-order valence-electron chi connectivity index (χ0n) is 19.5. The van der Waals surface area contributed by atoms with Crippen molar-refractivity contribution in [3.05, 3.63) is 58.1 Å². The number of aryl methyl sites for hydroxylation is 1. The molecule has 0 N–H and O–H groups in total. The molecule has 1 aromatic carbocycles. The van der Waals surface area contributed by atoms with Gasteiger partial charge in [-0.25, -0.2) is 0 Å². The number of amides is 1. The van der Waals surface area contributed by atoms with Gasteiger partial charge >= 0.3 is 0 Å². The van der Waals surface area contributed by atoms with E-state index in [1.54, 1.807) is 6.92 Å². The number of rotatable bonds is 6. The number of hydrogen-bond donors (Lipinski definition) is 0. The monoisotopic (exact) mass is 453 g/mol. The van der Waals surface area contributed by atoms with Crippen LogP contribution in [0.25, 0.3) is 0 Å². The maximum absolute atomic E-state index is 13.6. The van der Waals surface area contributed by atoms with E-state index in [9.17, 15) is 14.4 Å². The molecule has 0 spiro atoms. The third-order valence-corrected chi connectivity index (χ3v) is 7.07. The molecule has 1 amide bonds. The molecule has 1 fully saturated rings. The van der Waals surface area contributed by atoms with Gasteiger partial charge < -0.3 is 19.1 Å². The van der Waals surface area contributed by atoms with Crippen LogP contribution in [0.1, 0.15) is 43.2 Å². The second-order valence-corrected chi connectivity index (χ2v) is 8.77. The van der Waals surface area contributed by atoms with Crippen LogP contribution >= 0.6 is 0 Å². The van der Waals surface area contributed by atoms with Crippen molar-refractivity contribution in [2.24, 2.45) is 5.92 Å². The molecular weight excluding hydrogens is 422 g/mol. The Kier molecular flexibility index (Phi) is 6.98. The number of benzene rings is 1. The number of carbonyl (C=O) groups is 3. The van der Waals surface area contributed by atoms with E-state index < -0.39 is 0 Å². The van der Waals surface area contributed by atoms with Crippen molar-refractivity contribution in [1.82, 2.24) is 4.90 Å². The van der Waals surface area contributed by atoms with Crippen LogP contribution in [0, 0.1) is 5.92 Å². The highest BCUT2D eigenvalue weighted by molar-refractivity contribution is 6.24. The molecule has 2 atom stereocenters. The second kappa shape index (κ2) is 9.91. The Morgan fingerprint density at radius 3 is 2.42 bits per heavy atom. The Balaban J connectivity index is 1.67. The number of fused-ring (bicyclic) bond motifs is 1. The van der Waals surface area contributed by atoms with Gasteiger partial charge in [-0.15, -0.1) is 0 Å². The number of ether oxygens (including phenoxy) is 3. The molecule has 1 saturated heterocycles. The van der Waals surface area contributed by atoms with Gasteiger partial charge in [-0.2, -0.15) is 0 Å². The molecule has 0 aromatic heterocycles. The maximum Gasteiger partial charge on any atom is 0.228 e. The molecule has 0 saturated carbocycles. The van der Waals surface area contributed by atoms with Crippen molar-refractivity contribution < 1.29 is 28.6 Å². The topological polar surface area (TPSA) is 82.1 Å². The predicted octanol–water partition coefficient (Wildman–Crippen LogP) is 2.94. The fraction of sp³-hybridized carbons (Fsp3) is 0.500. The molecule has 3 aliphatic rings. The summed E-state index contributed by atoms with van der Waals surface area (Å²) in [6.45, 7) is 4.07. The van der Waals surface area contributed by atoms with Crippen LogP contribution in [0.5, 0.6) is 0 Å². The summed E-state index contributed by atoms with van der Waals surface area (Å²) in [7, 11) is 2.75. The van der Waals surface area contributed by atoms with E-state index in [0.29, 0.717) is 50.3 Å². The van der Waals surface area contributed by atoms with Gasteiger partial charge in [0, 0.05) is 36.6 Å². The first-order valence-corrected chi connectivity index (χ1v) is 11.5. The van der Waals surface area contributed by atoms with E-state index in [1.807, 2.05) is 23.1 Å². The minimum Gasteiger partial charge on any atom is -0.489 e. The molecule has 7 nitrogen and oxygen atoms in total. The molecule has 0 radical (unpaired) electrons. The van der Waals surface area contributed by atoms with Crippen LogP contribution in [0.3, 0.4) is 0 Å². The van der Waals surface area contributed by atoms with Crippen LogP contribution in [0.15, 0.2) is 46.9 Å². The van der Waals surface area contributed by atoms with Gasteiger partial charge in [0.15, 0.2) is 0 Å². The summed E-state index contributed by atoms with van der Waals surface area (Å²) in [4.78, 5) is 41.3. The van der Waals surface area contributed by atoms with E-state index in [2.05, 4.69) is 6.07 Å². The average molecular weight is 454 g/mol. The largest absolute Gasteiger partial charge is 0.489 e. The fourth-order valence-electron chi connectivity index (χ4n) is 5.35. The van der Waals surface area contributed by atoms with E-state index in [-0.39, 0.29) is 40.8 Å². The van der Waals surface area contributed by atoms with Crippen LogP contribution in [-0.2, 0) is 35.0 Å². The Bertz CT molecular complexity index is 1020. The summed E-state index contributed by atoms with van der Waals surface area (Å²) in [6.07, 6.45) is 2.79. The summed E-state index contributed by atoms with van der Waals surface area (Å²) in [5.74, 6) is -0.818. The predicted molar refractivity (Wildman–Crippen MR) is 121 cm³/mol. The molecule has 4 rings (SSSR count). The lowest BCUT2D eigenvalue weighted by molar-refractivity contribution is -0.135. The minimum atomic E-state index is -0.324. The van der Waals surface area contributed by atoms with Gasteiger partial charge in [-0.05, 0) is 43.2 Å². The van der Waals surface area contributed by atoms with Crippen LogP contribution in [-0.4, -0.2) is 62.9 Å². The van der Waals surface area contributed by atoms with E-state index in [0.717, 1.165) is 18.4 Å². The van der Waals surface area contributed by atoms with Crippen LogP contribution in [0.4, 0.5) is 0 Å². The number of ketones is 2. The normalized spacial score (nSPS) is 23.5. The summed E-state index contributed by atoms with van der Waals surface area (Å²) < 4.78 is 15.9. The standard InChI is InChI=1S/C26H31NO6/c1-16-21(24(30)26(32-3)25(31-2)23(16)29)22-18(9-8-17-6-4-5-7-19(17)22)10-11-20(28)27-12-14-33-15-13-27/h4-7,18,22H,8-15H2,1-3H3/t18-,22-/m1/s1. The molecular formula is C26H31NO6. The molecule has 176 valence electrons. The van der Waals surface area contributed by atoms with Gasteiger partial charge in [0.05, 0.1) is 27.4 Å². The number of morpholine rings is 1. The molecule has 1 aromatic rings. The lowest BCUT2D eigenvalue weighted by Gasteiger charge is -2.37. The van der Waals surface area contributed by atoms with Crippen molar-refractivity contribution in [3.8, 4) is 0 Å². The van der Waals surface area contributed by atoms with Crippen molar-refractivity contribution in [3.63, 3.8) is 0 Å². The van der Waals surface area contributed by atoms with Crippen molar-refractivity contribution >= 4 is 17.5 Å². The van der Waals surface area contributed by atoms with E-state index in [4.69, 9.17) is 14.2 Å². The molecule has 1 aliphatic heterocycles. The number of allylic oxidation sites excluding steroid dienone is 2. The highest BCUT2D eigenvalue weighted by Crippen LogP contribution is 2.46. The molecule has 2 aliphatic carbocycles. The lowest BCUT2D eigenvalue weighted by Crippen LogP contribution is -2.41. The number of hydrogen-bond acceptors (Lipinski definition) is 6. The van der Waals surface area contributed by atoms with Crippen molar-refractivity contribution in [2.75, 3.05) is 40.5 Å². The quantitative estimate of drug-likeness (QED) is 0.616. The lowest BCUT2D eigenvalue weighted by atomic mass is 9.67. The molecule has 1 heterocycles. The Hall–Kier alpha value is -2.93. The third-order valence-electron chi connectivity index (χ3n) is 7.07. The number of Topliss-reactive ketones (excluding diaryl/α,β-unsaturated/α-hetero) is 2. The summed E-state index contributed by atoms with van der Waals surface area (Å²) >= 11 is 0. The Morgan fingerprint density at radius 2 is 1.73 bits per heavy atom. The number of carbonyl (C=O) groups excluding carboxylic acids is 3. The van der Waals surface area contributed by atoms with Crippen molar-refractivity contribution in [2.45, 2.75) is 38.5 Å². The highest BCUT2D eigenvalue weighted by Gasteiger charge is 2.43. The third kappa shape index (κ3) is 4.34. The van der Waals surface area contributed by atoms with Crippen molar-refractivity contribution in [1.29, 1.82) is 0 Å². The molecule has 7 heteroatoms. The zero-order valence-corrected chi connectivity index (χ0v) is 19.5. The molecule has 0 bridgehead atoms. The smallest absolute Gasteiger partial charge is 0.228 e. The Morgan fingerprint density at radius 1 is 1.06 bits per heavy atom. The number of methoxy groups -OCH3 is 2. The van der Waals surface area contributed by atoms with Gasteiger partial charge in [-0.1, -0.05) is 24.3 Å². The molecule has 33 heavy (non-hydrogen) atoms. The summed E-state index contributed by atoms with van der Waals surface area (Å²) in [6, 6.07) is 8.08. The first kappa shape index (κ1) is 23.2. The first-order valence-electron chi connectivity index (χ1n) is 11.5. The Labute approximate surface area is 194 Å². The van der Waals surface area contributed by atoms with E-state index >= 15 is 0 Å². The second-order valence-electron chi connectivity index (χ2n) is 8.77. The fourth-order valence-corrected chi connectivity index (χ4v) is 5.35. The highest BCUT2D eigenvalue weighted by atomic mass is 16.5. The van der Waals surface area contributed by atoms with Crippen LogP contribution in [0.2, 0.25) is 0 Å². The van der Waals surface area contributed by atoms with Gasteiger partial charge in [0.1, 0.15) is 0 Å². The first-order chi connectivity index (χ1) is 16.0. The van der Waals surface area contributed by atoms with E-state index in [1.165, 1.54) is 19.8 Å². The van der Waals surface area contributed by atoms with Crippen LogP contribution < -0.4 is 0 Å². The van der Waals surface area contributed by atoms with Gasteiger partial charge in [-0.3, -0.25) is 14.4 Å². The summed E-state index contributed by atoms with van der Waals surface area (Å²) in [5.41, 5.74) is 3.09. The molecule has 0 unspecified atom stereocenters. The average Bonchev–Trinajstić information content (AvgIpc) is 2.85. The summed E-state index contributed by atoms with van der Waals surface area (Å²) in [5, 5.41) is 0. The zero-order chi connectivity index (χ0) is 23.5. The number of nitrogens with zero attached hydrogens (tertiary/aromatic N) is 1. The van der Waals surface area contributed by atoms with Gasteiger partial charge in [0.25, 0.3) is 0 Å². The van der Waals surface area contributed by atoms with Gasteiger partial charge in [0.2, 0.25) is 29.0 Å². The maximum atomic E-state index is 13.6. The minimum absolute atomic E-state index is 0.0469. The SMILES string of the molecule is COC1=C(OC)C(=O)C([C@H]2c3ccccc3CC[C@@H]2CCC(=O)N2CCOCC2)=C(C)C1=O.